The Labute approximate surface area is 146 Å². The fraction of sp³-hybridized carbons (Fsp3) is 0.304. The van der Waals surface area contributed by atoms with Gasteiger partial charge in [-0.2, -0.15) is 0 Å². The summed E-state index contributed by atoms with van der Waals surface area (Å²) in [5, 5.41) is 3.42. The van der Waals surface area contributed by atoms with Gasteiger partial charge in [-0.1, -0.05) is 85.6 Å². The molecule has 0 saturated carbocycles. The molecule has 0 aromatic rings. The first-order valence-electron chi connectivity index (χ1n) is 8.90. The van der Waals surface area contributed by atoms with Crippen molar-refractivity contribution < 1.29 is 0 Å². The highest BCUT2D eigenvalue weighted by Gasteiger charge is 2.20. The number of nitrogens with one attached hydrogen (secondary N) is 1. The highest BCUT2D eigenvalue weighted by Crippen LogP contribution is 2.29. The minimum Gasteiger partial charge on any atom is -0.313 e. The van der Waals surface area contributed by atoms with Gasteiger partial charge >= 0.3 is 0 Å². The van der Waals surface area contributed by atoms with Crippen molar-refractivity contribution in [2.75, 3.05) is 7.05 Å². The second-order valence-corrected chi connectivity index (χ2v) is 6.62. The number of likely N-dealkylation sites (N-methyl/N-ethyl adjacent to an activating group) is 1. The normalized spacial score (nSPS) is 32.0. The Kier molecular flexibility index (Phi) is 5.66. The molecular weight excluding hydrogens is 290 g/mol. The summed E-state index contributed by atoms with van der Waals surface area (Å²) in [4.78, 5) is 0. The molecular formula is C23H27N. The van der Waals surface area contributed by atoms with Gasteiger partial charge in [-0.05, 0) is 37.0 Å². The van der Waals surface area contributed by atoms with Gasteiger partial charge in [0.1, 0.15) is 0 Å². The van der Waals surface area contributed by atoms with Crippen LogP contribution in [0.25, 0.3) is 0 Å². The quantitative estimate of drug-likeness (QED) is 0.699. The Morgan fingerprint density at radius 3 is 2.67 bits per heavy atom. The molecule has 1 nitrogen and oxygen atoms in total. The molecule has 3 aliphatic carbocycles. The van der Waals surface area contributed by atoms with Gasteiger partial charge in [-0.3, -0.25) is 0 Å². The molecule has 0 saturated heterocycles. The topological polar surface area (TPSA) is 12.0 Å². The fourth-order valence-corrected chi connectivity index (χ4v) is 3.48. The van der Waals surface area contributed by atoms with Crippen molar-refractivity contribution in [3.05, 3.63) is 96.7 Å². The SMILES string of the molecule is C=CC1=CCC(/C=C\C2C=C(C3C=CC=CC3)C=CC2NC)C=C1. The molecule has 1 heteroatoms. The first-order valence-corrected chi connectivity index (χ1v) is 8.90. The Morgan fingerprint density at radius 1 is 1.08 bits per heavy atom. The molecule has 0 spiro atoms. The number of rotatable bonds is 5. The molecule has 0 fully saturated rings. The monoisotopic (exact) mass is 317 g/mol. The summed E-state index contributed by atoms with van der Waals surface area (Å²) in [6, 6.07) is 0.375. The zero-order valence-electron chi connectivity index (χ0n) is 14.4. The number of hydrogen-bond acceptors (Lipinski definition) is 1. The van der Waals surface area contributed by atoms with Crippen LogP contribution in [-0.4, -0.2) is 13.1 Å². The lowest BCUT2D eigenvalue weighted by atomic mass is 9.83. The van der Waals surface area contributed by atoms with E-state index >= 15 is 0 Å². The van der Waals surface area contributed by atoms with Crippen LogP contribution in [0.1, 0.15) is 12.8 Å². The van der Waals surface area contributed by atoms with Gasteiger partial charge in [0.15, 0.2) is 0 Å². The maximum atomic E-state index is 3.83. The van der Waals surface area contributed by atoms with Gasteiger partial charge < -0.3 is 5.32 Å². The van der Waals surface area contributed by atoms with Crippen LogP contribution in [0.2, 0.25) is 0 Å². The molecule has 0 heterocycles. The summed E-state index contributed by atoms with van der Waals surface area (Å²) < 4.78 is 0. The molecule has 24 heavy (non-hydrogen) atoms. The van der Waals surface area contributed by atoms with E-state index in [2.05, 4.69) is 84.8 Å². The van der Waals surface area contributed by atoms with Crippen molar-refractivity contribution in [1.82, 2.24) is 5.32 Å². The summed E-state index contributed by atoms with van der Waals surface area (Å²) in [5.41, 5.74) is 2.66. The van der Waals surface area contributed by atoms with Gasteiger partial charge in [-0.25, -0.2) is 0 Å². The van der Waals surface area contributed by atoms with E-state index in [0.29, 0.717) is 23.8 Å². The Bertz CT molecular complexity index is 666. The van der Waals surface area contributed by atoms with Crippen molar-refractivity contribution in [3.63, 3.8) is 0 Å². The average Bonchev–Trinajstić information content (AvgIpc) is 2.67. The van der Waals surface area contributed by atoms with Crippen LogP contribution in [0.15, 0.2) is 96.7 Å². The van der Waals surface area contributed by atoms with Crippen molar-refractivity contribution >= 4 is 0 Å². The maximum Gasteiger partial charge on any atom is 0.0348 e. The van der Waals surface area contributed by atoms with Crippen LogP contribution >= 0.6 is 0 Å². The Hall–Kier alpha value is -2.12. The third-order valence-corrected chi connectivity index (χ3v) is 5.02. The van der Waals surface area contributed by atoms with Gasteiger partial charge in [0.2, 0.25) is 0 Å². The summed E-state index contributed by atoms with van der Waals surface area (Å²) in [5.74, 6) is 1.42. The smallest absolute Gasteiger partial charge is 0.0348 e. The highest BCUT2D eigenvalue weighted by atomic mass is 14.9. The van der Waals surface area contributed by atoms with Crippen LogP contribution in [0, 0.1) is 17.8 Å². The van der Waals surface area contributed by atoms with Gasteiger partial charge in [-0.15, -0.1) is 0 Å². The first-order chi connectivity index (χ1) is 11.8. The first kappa shape index (κ1) is 16.7. The molecule has 0 amide bonds. The molecule has 1 N–H and O–H groups in total. The molecule has 0 aromatic carbocycles. The summed E-state index contributed by atoms with van der Waals surface area (Å²) in [6.45, 7) is 3.83. The van der Waals surface area contributed by atoms with Crippen LogP contribution in [-0.2, 0) is 0 Å². The standard InChI is InChI=1S/C23H27N/c1-3-18-9-11-19(12-10-18)13-14-22-17-21(15-16-23(22)24-2)20-7-5-4-6-8-20/h3-7,9-11,13-17,19-20,22-24H,1,8,12H2,2H3/b14-13-. The van der Waals surface area contributed by atoms with Crippen LogP contribution in [0.3, 0.4) is 0 Å². The van der Waals surface area contributed by atoms with E-state index < -0.39 is 0 Å². The Balaban J connectivity index is 1.70. The summed E-state index contributed by atoms with van der Waals surface area (Å²) in [6.07, 6.45) is 31.4. The maximum absolute atomic E-state index is 3.83. The second-order valence-electron chi connectivity index (χ2n) is 6.62. The molecule has 4 atom stereocenters. The molecule has 4 unspecified atom stereocenters. The summed E-state index contributed by atoms with van der Waals surface area (Å²) in [7, 11) is 2.04. The predicted molar refractivity (Wildman–Crippen MR) is 105 cm³/mol. The van der Waals surface area contributed by atoms with E-state index in [4.69, 9.17) is 0 Å². The van der Waals surface area contributed by atoms with Crippen molar-refractivity contribution in [2.24, 2.45) is 17.8 Å². The van der Waals surface area contributed by atoms with E-state index in [0.717, 1.165) is 12.8 Å². The summed E-state index contributed by atoms with van der Waals surface area (Å²) >= 11 is 0. The lowest BCUT2D eigenvalue weighted by Gasteiger charge is -2.26. The van der Waals surface area contributed by atoms with E-state index in [1.807, 2.05) is 13.1 Å². The van der Waals surface area contributed by atoms with Crippen LogP contribution < -0.4 is 5.32 Å². The molecule has 3 rings (SSSR count). The van der Waals surface area contributed by atoms with E-state index in [9.17, 15) is 0 Å². The minimum atomic E-state index is 0.375. The van der Waals surface area contributed by atoms with Crippen molar-refractivity contribution in [2.45, 2.75) is 18.9 Å². The zero-order chi connectivity index (χ0) is 16.8. The third kappa shape index (κ3) is 4.04. The molecule has 3 aliphatic rings. The predicted octanol–water partition coefficient (Wildman–Crippen LogP) is 5.06. The van der Waals surface area contributed by atoms with E-state index in [1.165, 1.54) is 11.1 Å². The number of hydrogen-bond donors (Lipinski definition) is 1. The Morgan fingerprint density at radius 2 is 2.00 bits per heavy atom. The van der Waals surface area contributed by atoms with E-state index in [-0.39, 0.29) is 0 Å². The lowest BCUT2D eigenvalue weighted by molar-refractivity contribution is 0.566. The zero-order valence-corrected chi connectivity index (χ0v) is 14.4. The molecule has 124 valence electrons. The highest BCUT2D eigenvalue weighted by molar-refractivity contribution is 5.37. The fourth-order valence-electron chi connectivity index (χ4n) is 3.48. The van der Waals surface area contributed by atoms with Gasteiger partial charge in [0.25, 0.3) is 0 Å². The van der Waals surface area contributed by atoms with Crippen LogP contribution in [0.5, 0.6) is 0 Å². The van der Waals surface area contributed by atoms with E-state index in [1.54, 1.807) is 0 Å². The number of allylic oxidation sites excluding steroid dienone is 12. The lowest BCUT2D eigenvalue weighted by Crippen LogP contribution is -2.32. The minimum absolute atomic E-state index is 0.375. The largest absolute Gasteiger partial charge is 0.313 e. The van der Waals surface area contributed by atoms with Gasteiger partial charge in [0, 0.05) is 17.9 Å². The molecule has 0 aliphatic heterocycles. The van der Waals surface area contributed by atoms with Crippen LogP contribution in [0.4, 0.5) is 0 Å². The second kappa shape index (κ2) is 8.12. The third-order valence-electron chi connectivity index (χ3n) is 5.02. The molecule has 0 radical (unpaired) electrons. The van der Waals surface area contributed by atoms with Crippen molar-refractivity contribution in [3.8, 4) is 0 Å². The molecule has 0 aromatic heterocycles. The van der Waals surface area contributed by atoms with Crippen molar-refractivity contribution in [1.29, 1.82) is 0 Å². The van der Waals surface area contributed by atoms with Gasteiger partial charge in [0.05, 0.1) is 0 Å². The average molecular weight is 317 g/mol. The molecule has 0 bridgehead atoms.